The van der Waals surface area contributed by atoms with E-state index in [9.17, 15) is 4.79 Å². The van der Waals surface area contributed by atoms with Crippen LogP contribution in [0.15, 0.2) is 61.3 Å². The lowest BCUT2D eigenvalue weighted by atomic mass is 10.1. The molecule has 4 rings (SSSR count). The van der Waals surface area contributed by atoms with E-state index in [4.69, 9.17) is 32.7 Å². The summed E-state index contributed by atoms with van der Waals surface area (Å²) in [4.78, 5) is 17.7. The van der Waals surface area contributed by atoms with Crippen LogP contribution < -0.4 is 14.8 Å². The molecule has 36 heavy (non-hydrogen) atoms. The lowest BCUT2D eigenvalue weighted by Crippen LogP contribution is -2.19. The Morgan fingerprint density at radius 3 is 2.50 bits per heavy atom. The fraction of sp³-hybridized carbons (Fsp3) is 0.154. The van der Waals surface area contributed by atoms with Gasteiger partial charge in [-0.05, 0) is 116 Å². The van der Waals surface area contributed by atoms with Crippen LogP contribution >= 0.6 is 66.8 Å². The number of nitrogens with zero attached hydrogens (tertiary/aromatic N) is 1. The number of amides is 1. The van der Waals surface area contributed by atoms with Crippen LogP contribution in [0.4, 0.5) is 5.69 Å². The molecule has 0 spiro atoms. The maximum absolute atomic E-state index is 12.6. The Morgan fingerprint density at radius 2 is 1.81 bits per heavy atom. The van der Waals surface area contributed by atoms with Gasteiger partial charge in [-0.15, -0.1) is 0 Å². The number of thioether (sulfide) groups is 1. The van der Waals surface area contributed by atoms with Gasteiger partial charge in [-0.3, -0.25) is 4.79 Å². The van der Waals surface area contributed by atoms with Gasteiger partial charge >= 0.3 is 0 Å². The molecule has 0 radical (unpaired) electrons. The molecule has 10 heteroatoms. The van der Waals surface area contributed by atoms with E-state index in [0.717, 1.165) is 22.4 Å². The topological polar surface area (TPSA) is 59.9 Å². The minimum Gasteiger partial charge on any atom is -0.493 e. The molecule has 5 nitrogen and oxygen atoms in total. The fourth-order valence-electron chi connectivity index (χ4n) is 3.31. The fourth-order valence-corrected chi connectivity index (χ4v) is 5.42. The number of carbonyl (C=O) groups is 1. The van der Waals surface area contributed by atoms with Crippen LogP contribution in [0.25, 0.3) is 6.08 Å². The highest BCUT2D eigenvalue weighted by Crippen LogP contribution is 2.44. The lowest BCUT2D eigenvalue weighted by molar-refractivity contribution is -0.115. The second-order valence-corrected chi connectivity index (χ2v) is 11.3. The lowest BCUT2D eigenvalue weighted by Gasteiger charge is -2.16. The zero-order valence-corrected chi connectivity index (χ0v) is 24.9. The Labute approximate surface area is 240 Å². The van der Waals surface area contributed by atoms with Crippen molar-refractivity contribution in [3.63, 3.8) is 0 Å². The zero-order valence-electron chi connectivity index (χ0n) is 19.4. The molecule has 0 unspecified atom stereocenters. The van der Waals surface area contributed by atoms with E-state index in [1.165, 1.54) is 17.3 Å². The van der Waals surface area contributed by atoms with E-state index in [1.54, 1.807) is 31.4 Å². The highest BCUT2D eigenvalue weighted by Gasteiger charge is 2.25. The first-order chi connectivity index (χ1) is 17.2. The second kappa shape index (κ2) is 11.6. The third-order valence-electron chi connectivity index (χ3n) is 5.40. The quantitative estimate of drug-likeness (QED) is 0.267. The maximum Gasteiger partial charge on any atom is 0.264 e. The molecule has 0 aliphatic carbocycles. The van der Waals surface area contributed by atoms with Gasteiger partial charge in [0.2, 0.25) is 0 Å². The number of hydrogen-bond acceptors (Lipinski definition) is 5. The van der Waals surface area contributed by atoms with Crippen molar-refractivity contribution < 1.29 is 14.3 Å². The molecule has 1 aliphatic heterocycles. The Morgan fingerprint density at radius 1 is 1.03 bits per heavy atom. The molecular weight excluding hydrogens is 651 g/mol. The Hall–Kier alpha value is -1.97. The average molecular weight is 671 g/mol. The molecule has 1 saturated heterocycles. The molecule has 186 valence electrons. The third-order valence-corrected chi connectivity index (χ3v) is 9.19. The predicted octanol–water partition coefficient (Wildman–Crippen LogP) is 8.61. The molecule has 1 fully saturated rings. The van der Waals surface area contributed by atoms with E-state index in [0.29, 0.717) is 40.6 Å². The molecule has 0 saturated carbocycles. The molecule has 1 N–H and O–H groups in total. The average Bonchev–Trinajstić information content (AvgIpc) is 3.19. The van der Waals surface area contributed by atoms with E-state index >= 15 is 0 Å². The third kappa shape index (κ3) is 6.11. The van der Waals surface area contributed by atoms with Gasteiger partial charge < -0.3 is 14.8 Å². The molecule has 1 heterocycles. The molecule has 3 aromatic rings. The number of rotatable bonds is 6. The monoisotopic (exact) mass is 668 g/mol. The van der Waals surface area contributed by atoms with Gasteiger partial charge in [0.25, 0.3) is 5.91 Å². The number of nitrogens with one attached hydrogen (secondary N) is 1. The molecule has 1 aliphatic rings. The molecule has 0 aromatic heterocycles. The van der Waals surface area contributed by atoms with Gasteiger partial charge in [0.15, 0.2) is 16.7 Å². The second-order valence-electron chi connectivity index (χ2n) is 7.91. The summed E-state index contributed by atoms with van der Waals surface area (Å²) in [6.07, 6.45) is 1.78. The number of amidine groups is 1. The van der Waals surface area contributed by atoms with Crippen molar-refractivity contribution in [1.29, 1.82) is 0 Å². The molecule has 0 bridgehead atoms. The minimum atomic E-state index is -0.218. The Balaban J connectivity index is 1.58. The minimum absolute atomic E-state index is 0.218. The number of carbonyl (C=O) groups excluding carboxylic acids is 1. The summed E-state index contributed by atoms with van der Waals surface area (Å²) in [6, 6.07) is 13.1. The number of aryl methyl sites for hydroxylation is 2. The summed E-state index contributed by atoms with van der Waals surface area (Å²) in [5.74, 6) is 0.798. The van der Waals surface area contributed by atoms with Gasteiger partial charge in [0, 0.05) is 4.47 Å². The van der Waals surface area contributed by atoms with E-state index in [2.05, 4.69) is 42.2 Å². The normalized spacial score (nSPS) is 15.5. The number of aliphatic imine (C=N–C) groups is 1. The summed E-state index contributed by atoms with van der Waals surface area (Å²) in [5, 5.41) is 4.30. The number of benzene rings is 3. The first-order valence-corrected chi connectivity index (χ1v) is 13.8. The number of halogens is 4. The van der Waals surface area contributed by atoms with Crippen molar-refractivity contribution in [3.8, 4) is 11.5 Å². The van der Waals surface area contributed by atoms with Crippen LogP contribution in [-0.4, -0.2) is 18.2 Å². The smallest absolute Gasteiger partial charge is 0.264 e. The Kier molecular flexibility index (Phi) is 8.73. The van der Waals surface area contributed by atoms with E-state index in [-0.39, 0.29) is 12.5 Å². The van der Waals surface area contributed by atoms with Crippen LogP contribution in [0.1, 0.15) is 22.3 Å². The zero-order chi connectivity index (χ0) is 26.0. The molecule has 0 atom stereocenters. The molecule has 1 amide bonds. The van der Waals surface area contributed by atoms with Crippen LogP contribution in [0, 0.1) is 13.8 Å². The standard InChI is InChI=1S/C26H20Br2Cl2N2O3S/c1-13-4-6-17(8-14(13)2)31-26-32-25(33)21(36-26)11-16-10-20(34-3)24(23(28)22(16)27)35-12-15-5-7-18(29)19(30)9-15/h4-11H,12H2,1-3H3,(H,31,32,33)/b21-11-. The van der Waals surface area contributed by atoms with Crippen molar-refractivity contribution in [2.45, 2.75) is 20.5 Å². The number of methoxy groups -OCH3 is 1. The SMILES string of the molecule is COc1cc(/C=C2\SC(=Nc3ccc(C)c(C)c3)NC2=O)c(Br)c(Br)c1OCc1ccc(Cl)c(Cl)c1. The first kappa shape index (κ1) is 27.1. The van der Waals surface area contributed by atoms with Crippen LogP contribution in [-0.2, 0) is 11.4 Å². The van der Waals surface area contributed by atoms with Gasteiger partial charge in [0.05, 0.1) is 32.2 Å². The summed E-state index contributed by atoms with van der Waals surface area (Å²) in [6.45, 7) is 4.34. The van der Waals surface area contributed by atoms with Gasteiger partial charge in [0.1, 0.15) is 6.61 Å². The predicted molar refractivity (Wildman–Crippen MR) is 156 cm³/mol. The van der Waals surface area contributed by atoms with Crippen LogP contribution in [0.5, 0.6) is 11.5 Å². The van der Waals surface area contributed by atoms with E-state index < -0.39 is 0 Å². The van der Waals surface area contributed by atoms with Crippen molar-refractivity contribution in [3.05, 3.63) is 88.6 Å². The Bertz CT molecular complexity index is 1430. The number of ether oxygens (including phenoxy) is 2. The van der Waals surface area contributed by atoms with E-state index in [1.807, 2.05) is 38.1 Å². The molecular formula is C26H20Br2Cl2N2O3S. The summed E-state index contributed by atoms with van der Waals surface area (Å²) in [7, 11) is 1.56. The van der Waals surface area contributed by atoms with Crippen LogP contribution in [0.2, 0.25) is 10.0 Å². The highest BCUT2D eigenvalue weighted by atomic mass is 79.9. The summed E-state index contributed by atoms with van der Waals surface area (Å²) in [5.41, 5.74) is 4.72. The maximum atomic E-state index is 12.6. The molecule has 3 aromatic carbocycles. The largest absolute Gasteiger partial charge is 0.493 e. The van der Waals surface area contributed by atoms with Gasteiger partial charge in [-0.2, -0.15) is 0 Å². The summed E-state index contributed by atoms with van der Waals surface area (Å²) >= 11 is 20.6. The van der Waals surface area contributed by atoms with Crippen molar-refractivity contribution >= 4 is 89.7 Å². The van der Waals surface area contributed by atoms with Crippen molar-refractivity contribution in [2.24, 2.45) is 4.99 Å². The van der Waals surface area contributed by atoms with Gasteiger partial charge in [-0.25, -0.2) is 4.99 Å². The highest BCUT2D eigenvalue weighted by molar-refractivity contribution is 9.13. The first-order valence-electron chi connectivity index (χ1n) is 10.7. The summed E-state index contributed by atoms with van der Waals surface area (Å²) < 4.78 is 13.0. The van der Waals surface area contributed by atoms with Crippen molar-refractivity contribution in [2.75, 3.05) is 7.11 Å². The van der Waals surface area contributed by atoms with Crippen LogP contribution in [0.3, 0.4) is 0 Å². The van der Waals surface area contributed by atoms with Crippen molar-refractivity contribution in [1.82, 2.24) is 5.32 Å². The van der Waals surface area contributed by atoms with Gasteiger partial charge in [-0.1, -0.05) is 35.3 Å². The number of hydrogen-bond donors (Lipinski definition) is 1.